The molecule has 1 saturated heterocycles. The van der Waals surface area contributed by atoms with Crippen LogP contribution in [0.5, 0.6) is 0 Å². The Balaban J connectivity index is 1.52. The number of carbonyl (C=O) groups excluding carboxylic acids is 1. The van der Waals surface area contributed by atoms with Gasteiger partial charge in [0.25, 0.3) is 5.91 Å². The van der Waals surface area contributed by atoms with Crippen LogP contribution in [0.15, 0.2) is 57.9 Å². The molecular weight excluding hydrogens is 373 g/mol. The van der Waals surface area contributed by atoms with Crippen molar-refractivity contribution in [3.05, 3.63) is 87.7 Å². The Hall–Kier alpha value is -3.22. The summed E-state index contributed by atoms with van der Waals surface area (Å²) in [6, 6.07) is 11.1. The van der Waals surface area contributed by atoms with Crippen LogP contribution in [0, 0.1) is 5.82 Å². The second-order valence-corrected chi connectivity index (χ2v) is 7.72. The van der Waals surface area contributed by atoms with Gasteiger partial charge in [-0.3, -0.25) is 9.59 Å². The van der Waals surface area contributed by atoms with E-state index in [1.165, 1.54) is 12.1 Å². The Labute approximate surface area is 167 Å². The van der Waals surface area contributed by atoms with Gasteiger partial charge < -0.3 is 14.3 Å². The highest BCUT2D eigenvalue weighted by molar-refractivity contribution is 5.92. The minimum Gasteiger partial charge on any atom is -0.445 e. The number of nitrogens with one attached hydrogen (secondary N) is 1. The summed E-state index contributed by atoms with van der Waals surface area (Å²) >= 11 is 0. The van der Waals surface area contributed by atoms with Crippen LogP contribution in [-0.4, -0.2) is 33.9 Å². The summed E-state index contributed by atoms with van der Waals surface area (Å²) in [5.74, 6) is 0.639. The molecule has 150 valence electrons. The van der Waals surface area contributed by atoms with Gasteiger partial charge in [0.05, 0.1) is 11.6 Å². The SMILES string of the molecule is C[C@]1(c2ncc(Cc3ccccc3F)o2)CCCN(C(=O)c2cccc(=O)[nH]2)C1. The molecule has 7 heteroatoms. The van der Waals surface area contributed by atoms with Crippen molar-refractivity contribution in [1.29, 1.82) is 0 Å². The largest absolute Gasteiger partial charge is 0.445 e. The summed E-state index contributed by atoms with van der Waals surface area (Å²) in [7, 11) is 0. The number of aromatic nitrogens is 2. The van der Waals surface area contributed by atoms with E-state index in [1.807, 2.05) is 6.92 Å². The van der Waals surface area contributed by atoms with Crippen molar-refractivity contribution in [2.75, 3.05) is 13.1 Å². The second kappa shape index (κ2) is 7.66. The highest BCUT2D eigenvalue weighted by Crippen LogP contribution is 2.34. The number of hydrogen-bond acceptors (Lipinski definition) is 4. The maximum absolute atomic E-state index is 13.9. The van der Waals surface area contributed by atoms with E-state index in [0.29, 0.717) is 36.7 Å². The lowest BCUT2D eigenvalue weighted by Crippen LogP contribution is -2.47. The quantitative estimate of drug-likeness (QED) is 0.735. The first-order valence-electron chi connectivity index (χ1n) is 9.62. The van der Waals surface area contributed by atoms with Crippen LogP contribution in [0.1, 0.15) is 47.5 Å². The molecule has 1 aliphatic heterocycles. The highest BCUT2D eigenvalue weighted by atomic mass is 19.1. The molecule has 6 nitrogen and oxygen atoms in total. The molecule has 0 radical (unpaired) electrons. The summed E-state index contributed by atoms with van der Waals surface area (Å²) in [6.45, 7) is 3.05. The Morgan fingerprint density at radius 1 is 1.28 bits per heavy atom. The number of H-pyrrole nitrogens is 1. The van der Waals surface area contributed by atoms with Crippen LogP contribution < -0.4 is 5.56 Å². The predicted molar refractivity (Wildman–Crippen MR) is 105 cm³/mol. The van der Waals surface area contributed by atoms with Gasteiger partial charge in [0.2, 0.25) is 11.4 Å². The standard InChI is InChI=1S/C22H22FN3O3/c1-22(21-24-13-16(29-21)12-15-6-2-3-7-17(15)23)10-5-11-26(14-22)20(28)18-8-4-9-19(27)25-18/h2-4,6-9,13H,5,10-12,14H2,1H3,(H,25,27)/t22-/m0/s1. The van der Waals surface area contributed by atoms with E-state index in [-0.39, 0.29) is 23.0 Å². The van der Waals surface area contributed by atoms with Crippen LogP contribution in [-0.2, 0) is 11.8 Å². The molecule has 1 N–H and O–H groups in total. The number of nitrogens with zero attached hydrogens (tertiary/aromatic N) is 2. The van der Waals surface area contributed by atoms with Gasteiger partial charge in [-0.25, -0.2) is 9.37 Å². The van der Waals surface area contributed by atoms with Crippen LogP contribution in [0.2, 0.25) is 0 Å². The number of likely N-dealkylation sites (tertiary alicyclic amines) is 1. The molecule has 1 amide bonds. The van der Waals surface area contributed by atoms with Crippen molar-refractivity contribution in [3.8, 4) is 0 Å². The zero-order valence-electron chi connectivity index (χ0n) is 16.2. The van der Waals surface area contributed by atoms with E-state index in [2.05, 4.69) is 9.97 Å². The predicted octanol–water partition coefficient (Wildman–Crippen LogP) is 3.29. The molecule has 0 spiro atoms. The first-order chi connectivity index (χ1) is 13.9. The van der Waals surface area contributed by atoms with Crippen molar-refractivity contribution in [1.82, 2.24) is 14.9 Å². The van der Waals surface area contributed by atoms with Gasteiger partial charge >= 0.3 is 0 Å². The van der Waals surface area contributed by atoms with Gasteiger partial charge in [-0.1, -0.05) is 24.3 Å². The molecule has 0 unspecified atom stereocenters. The zero-order valence-corrected chi connectivity index (χ0v) is 16.2. The lowest BCUT2D eigenvalue weighted by molar-refractivity contribution is 0.0620. The molecule has 0 saturated carbocycles. The summed E-state index contributed by atoms with van der Waals surface area (Å²) in [4.78, 5) is 33.1. The lowest BCUT2D eigenvalue weighted by Gasteiger charge is -2.38. The van der Waals surface area contributed by atoms with E-state index in [1.54, 1.807) is 41.4 Å². The normalized spacial score (nSPS) is 19.3. The fraction of sp³-hybridized carbons (Fsp3) is 0.318. The third kappa shape index (κ3) is 3.99. The highest BCUT2D eigenvalue weighted by Gasteiger charge is 2.38. The maximum atomic E-state index is 13.9. The minimum absolute atomic E-state index is 0.216. The fourth-order valence-electron chi connectivity index (χ4n) is 3.83. The van der Waals surface area contributed by atoms with Crippen molar-refractivity contribution in [3.63, 3.8) is 0 Å². The smallest absolute Gasteiger partial charge is 0.270 e. The number of aromatic amines is 1. The summed E-state index contributed by atoms with van der Waals surface area (Å²) in [5.41, 5.74) is 0.0700. The Bertz CT molecular complexity index is 1090. The summed E-state index contributed by atoms with van der Waals surface area (Å²) in [5, 5.41) is 0. The molecule has 1 atom stereocenters. The number of benzene rings is 1. The topological polar surface area (TPSA) is 79.2 Å². The van der Waals surface area contributed by atoms with Gasteiger partial charge in [0.1, 0.15) is 17.3 Å². The average Bonchev–Trinajstić information content (AvgIpc) is 3.19. The molecule has 1 aliphatic rings. The van der Waals surface area contributed by atoms with Crippen LogP contribution >= 0.6 is 0 Å². The first-order valence-corrected chi connectivity index (χ1v) is 9.62. The zero-order chi connectivity index (χ0) is 20.4. The second-order valence-electron chi connectivity index (χ2n) is 7.72. The molecule has 4 rings (SSSR count). The minimum atomic E-state index is -0.448. The molecule has 3 aromatic rings. The number of halogens is 1. The molecule has 2 aromatic heterocycles. The van der Waals surface area contributed by atoms with Crippen molar-refractivity contribution < 1.29 is 13.6 Å². The maximum Gasteiger partial charge on any atom is 0.270 e. The summed E-state index contributed by atoms with van der Waals surface area (Å²) < 4.78 is 19.9. The number of hydrogen-bond donors (Lipinski definition) is 1. The van der Waals surface area contributed by atoms with Crippen molar-refractivity contribution in [2.24, 2.45) is 0 Å². The molecule has 29 heavy (non-hydrogen) atoms. The molecule has 1 fully saturated rings. The molecule has 1 aromatic carbocycles. The monoisotopic (exact) mass is 395 g/mol. The molecule has 0 bridgehead atoms. The third-order valence-electron chi connectivity index (χ3n) is 5.37. The first kappa shape index (κ1) is 19.1. The number of carbonyl (C=O) groups is 1. The van der Waals surface area contributed by atoms with Gasteiger partial charge in [0.15, 0.2) is 0 Å². The number of oxazole rings is 1. The van der Waals surface area contributed by atoms with E-state index in [0.717, 1.165) is 12.8 Å². The Morgan fingerprint density at radius 3 is 2.90 bits per heavy atom. The van der Waals surface area contributed by atoms with Gasteiger partial charge in [-0.15, -0.1) is 0 Å². The molecular formula is C22H22FN3O3. The fourth-order valence-corrected chi connectivity index (χ4v) is 3.83. The van der Waals surface area contributed by atoms with Gasteiger partial charge in [-0.05, 0) is 37.5 Å². The van der Waals surface area contributed by atoms with Gasteiger partial charge in [0, 0.05) is 25.6 Å². The molecule has 0 aliphatic carbocycles. The molecule has 3 heterocycles. The van der Waals surface area contributed by atoms with Crippen molar-refractivity contribution in [2.45, 2.75) is 31.6 Å². The number of pyridine rings is 1. The van der Waals surface area contributed by atoms with Crippen LogP contribution in [0.25, 0.3) is 0 Å². The number of rotatable bonds is 4. The Morgan fingerprint density at radius 2 is 2.10 bits per heavy atom. The van der Waals surface area contributed by atoms with Crippen LogP contribution in [0.3, 0.4) is 0 Å². The number of amides is 1. The lowest BCUT2D eigenvalue weighted by atomic mass is 9.81. The average molecular weight is 395 g/mol. The Kier molecular flexibility index (Phi) is 5.05. The van der Waals surface area contributed by atoms with E-state index in [4.69, 9.17) is 4.42 Å². The van der Waals surface area contributed by atoms with Crippen LogP contribution in [0.4, 0.5) is 4.39 Å². The van der Waals surface area contributed by atoms with Gasteiger partial charge in [-0.2, -0.15) is 0 Å². The van der Waals surface area contributed by atoms with E-state index >= 15 is 0 Å². The third-order valence-corrected chi connectivity index (χ3v) is 5.37. The van der Waals surface area contributed by atoms with E-state index < -0.39 is 5.41 Å². The van der Waals surface area contributed by atoms with Crippen molar-refractivity contribution >= 4 is 5.91 Å². The van der Waals surface area contributed by atoms with E-state index in [9.17, 15) is 14.0 Å². The summed E-state index contributed by atoms with van der Waals surface area (Å²) in [6.07, 6.45) is 3.57. The number of piperidine rings is 1.